The van der Waals surface area contributed by atoms with Crippen molar-refractivity contribution in [2.75, 3.05) is 13.2 Å². The lowest BCUT2D eigenvalue weighted by Crippen LogP contribution is -2.17. The van der Waals surface area contributed by atoms with Gasteiger partial charge in [-0.2, -0.15) is 0 Å². The highest BCUT2D eigenvalue weighted by Crippen LogP contribution is 2.22. The van der Waals surface area contributed by atoms with Crippen LogP contribution in [-0.4, -0.2) is 29.8 Å². The highest BCUT2D eigenvalue weighted by molar-refractivity contribution is 6.41. The molecule has 0 atom stereocenters. The van der Waals surface area contributed by atoms with E-state index >= 15 is 0 Å². The quantitative estimate of drug-likeness (QED) is 0.602. The van der Waals surface area contributed by atoms with Crippen molar-refractivity contribution < 1.29 is 9.53 Å². The third-order valence-corrected chi connectivity index (χ3v) is 4.08. The summed E-state index contributed by atoms with van der Waals surface area (Å²) >= 11 is 5.85. The number of allylic oxidation sites excluding steroid dienone is 2. The van der Waals surface area contributed by atoms with Gasteiger partial charge in [-0.15, -0.1) is 0 Å². The predicted octanol–water partition coefficient (Wildman–Crippen LogP) is 4.34. The molecule has 24 heavy (non-hydrogen) atoms. The number of aromatic nitrogens is 1. The monoisotopic (exact) mass is 346 g/mol. The van der Waals surface area contributed by atoms with Gasteiger partial charge in [-0.25, -0.2) is 9.78 Å². The zero-order chi connectivity index (χ0) is 17.4. The standard InChI is InChI=1S/C19H23ClN2O2/c1-3-24-19(23)17-12-16(11-15-8-9-18(20)22-13-15)14(2)7-5-4-6-10-21-17/h8-9,12-13H,2-7,10-11H2,1H3. The highest BCUT2D eigenvalue weighted by Gasteiger charge is 2.14. The smallest absolute Gasteiger partial charge is 0.356 e. The summed E-state index contributed by atoms with van der Waals surface area (Å²) in [6.07, 6.45) is 8.26. The van der Waals surface area contributed by atoms with Gasteiger partial charge in [-0.1, -0.05) is 36.2 Å². The molecule has 5 heteroatoms. The number of halogens is 1. The molecular weight excluding hydrogens is 324 g/mol. The molecule has 2 heterocycles. The van der Waals surface area contributed by atoms with Gasteiger partial charge in [-0.05, 0) is 55.9 Å². The number of ether oxygens (including phenoxy) is 1. The molecule has 0 fully saturated rings. The van der Waals surface area contributed by atoms with Crippen molar-refractivity contribution in [2.45, 2.75) is 39.0 Å². The molecule has 1 aromatic heterocycles. The van der Waals surface area contributed by atoms with Crippen LogP contribution in [0, 0.1) is 0 Å². The van der Waals surface area contributed by atoms with Crippen LogP contribution in [0.2, 0.25) is 5.15 Å². The first-order valence-electron chi connectivity index (χ1n) is 8.31. The Labute approximate surface area is 148 Å². The number of hydrogen-bond acceptors (Lipinski definition) is 4. The molecule has 0 N–H and O–H groups in total. The van der Waals surface area contributed by atoms with Crippen LogP contribution in [0.5, 0.6) is 0 Å². The van der Waals surface area contributed by atoms with Crippen molar-refractivity contribution in [1.29, 1.82) is 0 Å². The summed E-state index contributed by atoms with van der Waals surface area (Å²) < 4.78 is 5.13. The van der Waals surface area contributed by atoms with Gasteiger partial charge in [0, 0.05) is 12.7 Å². The normalized spacial score (nSPS) is 16.2. The molecular formula is C19H23ClN2O2. The van der Waals surface area contributed by atoms with Crippen LogP contribution >= 0.6 is 11.6 Å². The maximum absolute atomic E-state index is 12.2. The Kier molecular flexibility index (Phi) is 7.19. The summed E-state index contributed by atoms with van der Waals surface area (Å²) in [5.74, 6) is -0.377. The fraction of sp³-hybridized carbons (Fsp3) is 0.421. The van der Waals surface area contributed by atoms with Crippen LogP contribution < -0.4 is 0 Å². The van der Waals surface area contributed by atoms with E-state index in [1.54, 1.807) is 19.2 Å². The average Bonchev–Trinajstić information content (AvgIpc) is 2.57. The summed E-state index contributed by atoms with van der Waals surface area (Å²) in [7, 11) is 0. The first kappa shape index (κ1) is 18.4. The van der Waals surface area contributed by atoms with E-state index < -0.39 is 0 Å². The van der Waals surface area contributed by atoms with E-state index in [0.29, 0.717) is 30.4 Å². The van der Waals surface area contributed by atoms with Gasteiger partial charge in [0.1, 0.15) is 10.9 Å². The van der Waals surface area contributed by atoms with Crippen LogP contribution in [0.15, 0.2) is 47.1 Å². The highest BCUT2D eigenvalue weighted by atomic mass is 35.5. The van der Waals surface area contributed by atoms with Crippen LogP contribution in [0.3, 0.4) is 0 Å². The van der Waals surface area contributed by atoms with Gasteiger partial charge < -0.3 is 4.74 Å². The zero-order valence-electron chi connectivity index (χ0n) is 14.1. The lowest BCUT2D eigenvalue weighted by molar-refractivity contribution is -0.134. The van der Waals surface area contributed by atoms with Crippen molar-refractivity contribution in [3.63, 3.8) is 0 Å². The van der Waals surface area contributed by atoms with Gasteiger partial charge in [-0.3, -0.25) is 4.99 Å². The maximum Gasteiger partial charge on any atom is 0.356 e. The van der Waals surface area contributed by atoms with Crippen LogP contribution in [0.4, 0.5) is 0 Å². The number of nitrogens with zero attached hydrogens (tertiary/aromatic N) is 2. The Balaban J connectivity index is 2.31. The van der Waals surface area contributed by atoms with E-state index in [4.69, 9.17) is 16.3 Å². The largest absolute Gasteiger partial charge is 0.461 e. The van der Waals surface area contributed by atoms with E-state index in [9.17, 15) is 4.79 Å². The lowest BCUT2D eigenvalue weighted by atomic mass is 9.94. The SMILES string of the molecule is C=C1CCCCCN=C(C(=O)OCC)C=C1Cc1ccc(Cl)nc1. The second-order valence-corrected chi connectivity index (χ2v) is 6.12. The molecule has 0 bridgehead atoms. The number of esters is 1. The zero-order valence-corrected chi connectivity index (χ0v) is 14.8. The van der Waals surface area contributed by atoms with Crippen LogP contribution in [-0.2, 0) is 16.0 Å². The summed E-state index contributed by atoms with van der Waals surface area (Å²) in [6.45, 7) is 6.98. The van der Waals surface area contributed by atoms with Gasteiger partial charge >= 0.3 is 5.97 Å². The minimum atomic E-state index is -0.377. The van der Waals surface area contributed by atoms with Crippen LogP contribution in [0.1, 0.15) is 38.2 Å². The third kappa shape index (κ3) is 5.60. The maximum atomic E-state index is 12.2. The summed E-state index contributed by atoms with van der Waals surface area (Å²) in [5, 5.41) is 0.464. The van der Waals surface area contributed by atoms with Gasteiger partial charge in [0.25, 0.3) is 0 Å². The Hall–Kier alpha value is -1.94. The first-order chi connectivity index (χ1) is 11.6. The van der Waals surface area contributed by atoms with Gasteiger partial charge in [0.05, 0.1) is 6.61 Å². The third-order valence-electron chi connectivity index (χ3n) is 3.85. The fourth-order valence-corrected chi connectivity index (χ4v) is 2.65. The summed E-state index contributed by atoms with van der Waals surface area (Å²) in [4.78, 5) is 20.7. The second-order valence-electron chi connectivity index (χ2n) is 5.74. The second kappa shape index (κ2) is 9.38. The number of pyridine rings is 1. The molecule has 0 aliphatic carbocycles. The molecule has 0 unspecified atom stereocenters. The molecule has 0 aromatic carbocycles. The van der Waals surface area contributed by atoms with E-state index in [-0.39, 0.29) is 5.97 Å². The number of aliphatic imine (C=N–C) groups is 1. The molecule has 0 saturated carbocycles. The Morgan fingerprint density at radius 3 is 2.88 bits per heavy atom. The van der Waals surface area contributed by atoms with Crippen LogP contribution in [0.25, 0.3) is 0 Å². The molecule has 1 aliphatic rings. The Morgan fingerprint density at radius 2 is 2.17 bits per heavy atom. The summed E-state index contributed by atoms with van der Waals surface area (Å²) in [6, 6.07) is 3.70. The van der Waals surface area contributed by atoms with Gasteiger partial charge in [0.2, 0.25) is 0 Å². The van der Waals surface area contributed by atoms with Crippen molar-refractivity contribution in [2.24, 2.45) is 4.99 Å². The number of hydrogen-bond donors (Lipinski definition) is 0. The van der Waals surface area contributed by atoms with Gasteiger partial charge in [0.15, 0.2) is 0 Å². The van der Waals surface area contributed by atoms with Crippen molar-refractivity contribution in [1.82, 2.24) is 4.98 Å². The minimum absolute atomic E-state index is 0.336. The lowest BCUT2D eigenvalue weighted by Gasteiger charge is -2.14. The molecule has 0 saturated heterocycles. The number of rotatable bonds is 4. The molecule has 0 amide bonds. The Bertz CT molecular complexity index is 648. The Morgan fingerprint density at radius 1 is 1.33 bits per heavy atom. The van der Waals surface area contributed by atoms with Crippen molar-refractivity contribution >= 4 is 23.3 Å². The van der Waals surface area contributed by atoms with Crippen molar-refractivity contribution in [3.8, 4) is 0 Å². The molecule has 1 aromatic rings. The fourth-order valence-electron chi connectivity index (χ4n) is 2.54. The molecule has 0 spiro atoms. The average molecular weight is 347 g/mol. The predicted molar refractivity (Wildman–Crippen MR) is 97.6 cm³/mol. The molecule has 1 aliphatic heterocycles. The van der Waals surface area contributed by atoms with E-state index in [0.717, 1.165) is 42.4 Å². The summed E-state index contributed by atoms with van der Waals surface area (Å²) in [5.41, 5.74) is 3.42. The van der Waals surface area contributed by atoms with Crippen molar-refractivity contribution in [3.05, 3.63) is 52.8 Å². The molecule has 128 valence electrons. The number of carbonyl (C=O) groups excluding carboxylic acids is 1. The first-order valence-corrected chi connectivity index (χ1v) is 8.68. The topological polar surface area (TPSA) is 51.5 Å². The minimum Gasteiger partial charge on any atom is -0.461 e. The van der Waals surface area contributed by atoms with E-state index in [1.807, 2.05) is 12.1 Å². The number of carbonyl (C=O) groups is 1. The molecule has 0 radical (unpaired) electrons. The van der Waals surface area contributed by atoms with E-state index in [2.05, 4.69) is 16.6 Å². The molecule has 4 nitrogen and oxygen atoms in total. The molecule has 2 rings (SSSR count). The van der Waals surface area contributed by atoms with E-state index in [1.165, 1.54) is 0 Å².